The molecule has 0 aliphatic carbocycles. The van der Waals surface area contributed by atoms with E-state index in [2.05, 4.69) is 9.62 Å². The Labute approximate surface area is 302 Å². The van der Waals surface area contributed by atoms with Crippen LogP contribution < -0.4 is 14.4 Å². The van der Waals surface area contributed by atoms with Crippen LogP contribution >= 0.6 is 0 Å². The van der Waals surface area contributed by atoms with E-state index in [0.717, 1.165) is 59.2 Å². The third-order valence-corrected chi connectivity index (χ3v) is 7.50. The fourth-order valence-electron chi connectivity index (χ4n) is 4.64. The number of nitro groups is 1. The number of methoxy groups -OCH3 is 1. The van der Waals surface area contributed by atoms with Crippen LogP contribution in [0, 0.1) is 22.5 Å². The van der Waals surface area contributed by atoms with Crippen LogP contribution in [0.5, 0.6) is 17.2 Å². The number of ether oxygens (including phenoxy) is 3. The number of carbonyl (C=O) groups is 2. The van der Waals surface area contributed by atoms with Gasteiger partial charge in [-0.15, -0.1) is 0 Å². The van der Waals surface area contributed by atoms with Gasteiger partial charge in [-0.25, -0.2) is 14.5 Å². The van der Waals surface area contributed by atoms with Crippen LogP contribution in [-0.2, 0) is 27.7 Å². The predicted octanol–water partition coefficient (Wildman–Crippen LogP) is 8.14. The summed E-state index contributed by atoms with van der Waals surface area (Å²) in [6.07, 6.45) is -11.5. The van der Waals surface area contributed by atoms with Crippen molar-refractivity contribution >= 4 is 17.6 Å². The van der Waals surface area contributed by atoms with E-state index in [1.54, 1.807) is 0 Å². The number of alkyl halides is 6. The van der Waals surface area contributed by atoms with Crippen molar-refractivity contribution in [1.29, 1.82) is 0 Å². The molecule has 13 nitrogen and oxygen atoms in total. The number of carbonyl (C=O) groups excluding carboxylic acids is 1. The average Bonchev–Trinajstić information content (AvgIpc) is 3.11. The molecule has 0 aliphatic rings. The molecule has 0 unspecified atom stereocenters. The number of carboxylic acids is 1. The molecule has 0 heterocycles. The third kappa shape index (κ3) is 10.9. The van der Waals surface area contributed by atoms with Gasteiger partial charge in [-0.2, -0.15) is 31.2 Å². The monoisotopic (exact) mass is 771 g/mol. The summed E-state index contributed by atoms with van der Waals surface area (Å²) in [5, 5.41) is 28.9. The molecule has 19 heteroatoms. The van der Waals surface area contributed by atoms with Gasteiger partial charge in [-0.1, -0.05) is 42.5 Å². The topological polar surface area (TPSA) is 173 Å². The molecular weight excluding hydrogens is 740 g/mol. The molecule has 4 aromatic carbocycles. The number of nitro benzene ring substituents is 1. The molecule has 0 amide bonds. The Balaban J connectivity index is 0.000000345. The average molecular weight is 772 g/mol. The molecule has 0 spiro atoms. The Morgan fingerprint density at radius 1 is 0.778 bits per heavy atom. The van der Waals surface area contributed by atoms with E-state index in [1.165, 1.54) is 0 Å². The van der Waals surface area contributed by atoms with E-state index >= 15 is 0 Å². The first-order valence-corrected chi connectivity index (χ1v) is 15.2. The molecule has 0 saturated carbocycles. The van der Waals surface area contributed by atoms with Crippen LogP contribution in [0.3, 0.4) is 0 Å². The first-order chi connectivity index (χ1) is 25.5. The van der Waals surface area contributed by atoms with E-state index < -0.39 is 70.4 Å². The highest BCUT2D eigenvalue weighted by molar-refractivity contribution is 6.06. The summed E-state index contributed by atoms with van der Waals surface area (Å²) < 4.78 is 93.4. The number of carboxylic acid groups (broad SMARTS) is 1. The molecule has 0 aromatic heterocycles. The normalized spacial score (nSPS) is 11.6. The Kier molecular flexibility index (Phi) is 14.9. The maximum atomic E-state index is 13.3. The molecule has 290 valence electrons. The highest BCUT2D eigenvalue weighted by atomic mass is 19.4. The number of para-hydroxylation sites is 1. The maximum absolute atomic E-state index is 13.3. The van der Waals surface area contributed by atoms with Crippen molar-refractivity contribution in [1.82, 2.24) is 0 Å². The summed E-state index contributed by atoms with van der Waals surface area (Å²) in [6.45, 7) is -1.23. The van der Waals surface area contributed by atoms with Crippen LogP contribution in [0.15, 0.2) is 91.0 Å². The minimum Gasteiger partial charge on any atom is -0.492 e. The molecule has 0 saturated heterocycles. The van der Waals surface area contributed by atoms with E-state index in [9.17, 15) is 51.2 Å². The van der Waals surface area contributed by atoms with Crippen molar-refractivity contribution in [3.63, 3.8) is 0 Å². The highest BCUT2D eigenvalue weighted by Gasteiger charge is 2.71. The summed E-state index contributed by atoms with van der Waals surface area (Å²) in [6, 6.07) is 21.5. The van der Waals surface area contributed by atoms with Gasteiger partial charge in [-0.3, -0.25) is 15.4 Å². The lowest BCUT2D eigenvalue weighted by molar-refractivity contribution is -0.385. The number of hydrogen-bond acceptors (Lipinski definition) is 11. The minimum absolute atomic E-state index is 0.131. The van der Waals surface area contributed by atoms with Crippen LogP contribution in [0.4, 0.5) is 32.0 Å². The van der Waals surface area contributed by atoms with Gasteiger partial charge in [0.15, 0.2) is 11.3 Å². The number of aryl methyl sites for hydroxylation is 1. The molecule has 0 atom stereocenters. The van der Waals surface area contributed by atoms with Crippen molar-refractivity contribution < 1.29 is 80.1 Å². The van der Waals surface area contributed by atoms with Gasteiger partial charge in [0.05, 0.1) is 17.1 Å². The standard InChI is InChI=1S/C20H15F6NO8.C15H16O4/c1-33-9-18(19(21,22)23,20(24,25)26)10-34-11-5-7-12(8-6-11)35-17(30)15-13(16(28)29)3-2-4-14(15)27(31)32;1-12-6-5-7-13(10-17-16)15(12)11-18-19-14-8-3-2-4-9-14/h2-8H,9-10H2,1H3,(H,28,29);2-9,16H,10-11H2,1H3. The van der Waals surface area contributed by atoms with Gasteiger partial charge < -0.3 is 24.2 Å². The Morgan fingerprint density at radius 3 is 1.94 bits per heavy atom. The van der Waals surface area contributed by atoms with Crippen molar-refractivity contribution in [2.24, 2.45) is 5.41 Å². The van der Waals surface area contributed by atoms with Gasteiger partial charge in [-0.05, 0) is 66.1 Å². The lowest BCUT2D eigenvalue weighted by Crippen LogP contribution is -2.56. The summed E-state index contributed by atoms with van der Waals surface area (Å²) >= 11 is 0. The van der Waals surface area contributed by atoms with Gasteiger partial charge in [0, 0.05) is 13.2 Å². The van der Waals surface area contributed by atoms with Gasteiger partial charge in [0.1, 0.15) is 31.3 Å². The van der Waals surface area contributed by atoms with Crippen molar-refractivity contribution in [3.05, 3.63) is 129 Å². The van der Waals surface area contributed by atoms with Crippen LogP contribution in [0.1, 0.15) is 37.4 Å². The molecule has 54 heavy (non-hydrogen) atoms. The third-order valence-electron chi connectivity index (χ3n) is 7.50. The molecule has 0 aliphatic heterocycles. The summed E-state index contributed by atoms with van der Waals surface area (Å²) in [5.74, 6) is -3.26. The zero-order valence-electron chi connectivity index (χ0n) is 28.2. The number of esters is 1. The Hall–Kier alpha value is -5.76. The Bertz CT molecular complexity index is 1820. The molecule has 0 fully saturated rings. The van der Waals surface area contributed by atoms with Crippen molar-refractivity contribution in [2.45, 2.75) is 32.5 Å². The van der Waals surface area contributed by atoms with Gasteiger partial charge in [0.2, 0.25) is 5.41 Å². The lowest BCUT2D eigenvalue weighted by atomic mass is 9.88. The fourth-order valence-corrected chi connectivity index (χ4v) is 4.64. The highest BCUT2D eigenvalue weighted by Crippen LogP contribution is 2.50. The largest absolute Gasteiger partial charge is 0.492 e. The number of halogens is 6. The number of hydrogen-bond donors (Lipinski definition) is 2. The molecule has 4 rings (SSSR count). The van der Waals surface area contributed by atoms with E-state index in [4.69, 9.17) is 24.5 Å². The number of benzene rings is 4. The quantitative estimate of drug-likeness (QED) is 0.0297. The number of nitrogens with zero attached hydrogens (tertiary/aromatic N) is 1. The first kappa shape index (κ1) is 42.7. The SMILES string of the molecule is COCC(COc1ccc(OC(=O)c2c(C(=O)O)cccc2[N+](=O)[O-])cc1)(C(F)(F)F)C(F)(F)F.Cc1cccc(COO)c1COOc1ccccc1. The second-order valence-electron chi connectivity index (χ2n) is 11.1. The lowest BCUT2D eigenvalue weighted by Gasteiger charge is -2.36. The van der Waals surface area contributed by atoms with Crippen molar-refractivity contribution in [3.8, 4) is 17.2 Å². The first-order valence-electron chi connectivity index (χ1n) is 15.2. The zero-order chi connectivity index (χ0) is 40.1. The fraction of sp³-hybridized carbons (Fsp3) is 0.257. The minimum atomic E-state index is -5.76. The van der Waals surface area contributed by atoms with E-state index in [1.807, 2.05) is 55.5 Å². The predicted molar refractivity (Wildman–Crippen MR) is 174 cm³/mol. The second-order valence-corrected chi connectivity index (χ2v) is 11.1. The molecule has 0 bridgehead atoms. The summed E-state index contributed by atoms with van der Waals surface area (Å²) in [4.78, 5) is 48.5. The Morgan fingerprint density at radius 2 is 1.39 bits per heavy atom. The summed E-state index contributed by atoms with van der Waals surface area (Å²) in [5.41, 5.74) is -3.89. The molecule has 4 aromatic rings. The smallest absolute Gasteiger partial charge is 0.408 e. The molecular formula is C35H31F6NO12. The van der Waals surface area contributed by atoms with Crippen LogP contribution in [0.25, 0.3) is 0 Å². The molecule has 0 radical (unpaired) electrons. The number of aromatic carboxylic acids is 1. The second kappa shape index (κ2) is 18.8. The van der Waals surface area contributed by atoms with E-state index in [0.29, 0.717) is 19.5 Å². The van der Waals surface area contributed by atoms with Crippen molar-refractivity contribution in [2.75, 3.05) is 20.3 Å². The number of rotatable bonds is 15. The van der Waals surface area contributed by atoms with Crippen LogP contribution in [0.2, 0.25) is 0 Å². The molecule has 2 N–H and O–H groups in total. The maximum Gasteiger partial charge on any atom is 0.408 e. The van der Waals surface area contributed by atoms with Gasteiger partial charge >= 0.3 is 24.3 Å². The van der Waals surface area contributed by atoms with Crippen LogP contribution in [-0.4, -0.2) is 59.9 Å². The summed E-state index contributed by atoms with van der Waals surface area (Å²) in [7, 11) is 0.669. The van der Waals surface area contributed by atoms with E-state index in [-0.39, 0.29) is 12.4 Å². The van der Waals surface area contributed by atoms with Gasteiger partial charge in [0.25, 0.3) is 5.69 Å². The zero-order valence-corrected chi connectivity index (χ0v) is 28.2.